The molecular formula is C25H26N2O7. The van der Waals surface area contributed by atoms with Crippen LogP contribution in [0.15, 0.2) is 52.9 Å². The van der Waals surface area contributed by atoms with Crippen molar-refractivity contribution >= 4 is 28.8 Å². The lowest BCUT2D eigenvalue weighted by Gasteiger charge is -2.44. The molecule has 178 valence electrons. The zero-order chi connectivity index (χ0) is 24.2. The number of amides is 1. The molecule has 3 aliphatic heterocycles. The maximum Gasteiger partial charge on any atom is 0.414 e. The predicted molar refractivity (Wildman–Crippen MR) is 124 cm³/mol. The number of benzene rings is 2. The number of nitrogens with one attached hydrogen (secondary N) is 1. The summed E-state index contributed by atoms with van der Waals surface area (Å²) in [6.07, 6.45) is 2.34. The highest BCUT2D eigenvalue weighted by molar-refractivity contribution is 6.27. The molecule has 0 unspecified atom stereocenters. The first kappa shape index (κ1) is 23.3. The van der Waals surface area contributed by atoms with Crippen molar-refractivity contribution in [2.24, 2.45) is 5.92 Å². The topological polar surface area (TPSA) is 129 Å². The minimum Gasteiger partial charge on any atom is -0.496 e. The number of aliphatic carboxylic acids is 2. The van der Waals surface area contributed by atoms with Gasteiger partial charge in [0, 0.05) is 29.1 Å². The van der Waals surface area contributed by atoms with Gasteiger partial charge in [0.1, 0.15) is 11.3 Å². The van der Waals surface area contributed by atoms with Crippen molar-refractivity contribution in [3.05, 3.63) is 54.3 Å². The van der Waals surface area contributed by atoms with Gasteiger partial charge in [-0.15, -0.1) is 0 Å². The first-order valence-corrected chi connectivity index (χ1v) is 11.0. The Labute approximate surface area is 195 Å². The molecule has 0 spiro atoms. The Kier molecular flexibility index (Phi) is 6.83. The van der Waals surface area contributed by atoms with E-state index in [1.54, 1.807) is 7.11 Å². The van der Waals surface area contributed by atoms with Crippen LogP contribution in [0.3, 0.4) is 0 Å². The van der Waals surface area contributed by atoms with Crippen LogP contribution in [-0.4, -0.2) is 65.7 Å². The van der Waals surface area contributed by atoms with Crippen LogP contribution in [0.2, 0.25) is 0 Å². The minimum absolute atomic E-state index is 0.124. The van der Waals surface area contributed by atoms with Crippen LogP contribution in [0.1, 0.15) is 23.4 Å². The summed E-state index contributed by atoms with van der Waals surface area (Å²) in [5, 5.41) is 18.9. The number of furan rings is 1. The fourth-order valence-corrected chi connectivity index (χ4v) is 4.62. The highest BCUT2D eigenvalue weighted by Gasteiger charge is 2.35. The average molecular weight is 466 g/mol. The molecule has 4 heterocycles. The fraction of sp³-hybridized carbons (Fsp3) is 0.320. The zero-order valence-electron chi connectivity index (χ0n) is 18.7. The summed E-state index contributed by atoms with van der Waals surface area (Å²) in [5.41, 5.74) is 2.59. The van der Waals surface area contributed by atoms with Gasteiger partial charge in [0.05, 0.1) is 7.11 Å². The molecule has 3 N–H and O–H groups in total. The van der Waals surface area contributed by atoms with Crippen LogP contribution in [0.5, 0.6) is 5.75 Å². The molecule has 2 bridgehead atoms. The second kappa shape index (κ2) is 9.96. The van der Waals surface area contributed by atoms with Crippen molar-refractivity contribution in [1.29, 1.82) is 0 Å². The van der Waals surface area contributed by atoms with E-state index in [9.17, 15) is 4.79 Å². The largest absolute Gasteiger partial charge is 0.496 e. The van der Waals surface area contributed by atoms with Crippen LogP contribution >= 0.6 is 0 Å². The van der Waals surface area contributed by atoms with Crippen molar-refractivity contribution in [3.8, 4) is 16.9 Å². The first-order valence-electron chi connectivity index (χ1n) is 11.0. The highest BCUT2D eigenvalue weighted by Crippen LogP contribution is 2.36. The number of piperidine rings is 3. The van der Waals surface area contributed by atoms with Gasteiger partial charge >= 0.3 is 11.9 Å². The van der Waals surface area contributed by atoms with Gasteiger partial charge in [-0.1, -0.05) is 36.4 Å². The van der Waals surface area contributed by atoms with Crippen molar-refractivity contribution in [1.82, 2.24) is 10.2 Å². The van der Waals surface area contributed by atoms with E-state index in [-0.39, 0.29) is 11.9 Å². The maximum atomic E-state index is 12.9. The normalized spacial score (nSPS) is 20.8. The Morgan fingerprint density at radius 2 is 1.68 bits per heavy atom. The van der Waals surface area contributed by atoms with Crippen LogP contribution in [0.4, 0.5) is 0 Å². The fourth-order valence-electron chi connectivity index (χ4n) is 4.62. The van der Waals surface area contributed by atoms with Crippen molar-refractivity contribution < 1.29 is 33.8 Å². The van der Waals surface area contributed by atoms with E-state index < -0.39 is 11.9 Å². The third kappa shape index (κ3) is 4.89. The molecule has 9 heteroatoms. The third-order valence-electron chi connectivity index (χ3n) is 6.32. The monoisotopic (exact) mass is 466 g/mol. The van der Waals surface area contributed by atoms with Crippen molar-refractivity contribution in [2.75, 3.05) is 26.7 Å². The number of carbonyl (C=O) groups is 3. The number of para-hydroxylation sites is 2. The Morgan fingerprint density at radius 1 is 1.00 bits per heavy atom. The van der Waals surface area contributed by atoms with E-state index in [4.69, 9.17) is 29.0 Å². The summed E-state index contributed by atoms with van der Waals surface area (Å²) in [7, 11) is 1.66. The quantitative estimate of drug-likeness (QED) is 0.500. The molecule has 3 saturated heterocycles. The number of hydrogen-bond donors (Lipinski definition) is 3. The summed E-state index contributed by atoms with van der Waals surface area (Å²) in [5.74, 6) is -2.04. The zero-order valence-corrected chi connectivity index (χ0v) is 18.7. The Morgan fingerprint density at radius 3 is 2.29 bits per heavy atom. The van der Waals surface area contributed by atoms with Crippen molar-refractivity contribution in [3.63, 3.8) is 0 Å². The lowest BCUT2D eigenvalue weighted by atomic mass is 9.84. The number of nitrogens with zero attached hydrogens (tertiary/aromatic N) is 1. The van der Waals surface area contributed by atoms with E-state index in [0.717, 1.165) is 41.9 Å². The van der Waals surface area contributed by atoms with E-state index >= 15 is 0 Å². The third-order valence-corrected chi connectivity index (χ3v) is 6.32. The lowest BCUT2D eigenvalue weighted by molar-refractivity contribution is -0.159. The van der Waals surface area contributed by atoms with Crippen molar-refractivity contribution in [2.45, 2.75) is 18.9 Å². The molecule has 1 amide bonds. The van der Waals surface area contributed by atoms with Crippen LogP contribution in [0.25, 0.3) is 22.1 Å². The second-order valence-electron chi connectivity index (χ2n) is 8.36. The second-order valence-corrected chi connectivity index (χ2v) is 8.36. The van der Waals surface area contributed by atoms with Gasteiger partial charge in [0.2, 0.25) is 0 Å². The highest BCUT2D eigenvalue weighted by atomic mass is 16.5. The molecule has 3 fully saturated rings. The molecule has 3 aromatic rings. The number of ether oxygens (including phenoxy) is 1. The van der Waals surface area contributed by atoms with Crippen LogP contribution < -0.4 is 10.1 Å². The molecule has 0 saturated carbocycles. The number of carbonyl (C=O) groups excluding carboxylic acids is 1. The summed E-state index contributed by atoms with van der Waals surface area (Å²) < 4.78 is 11.6. The van der Waals surface area contributed by atoms with E-state index in [1.165, 1.54) is 12.8 Å². The van der Waals surface area contributed by atoms with Gasteiger partial charge in [-0.05, 0) is 44.0 Å². The number of fused-ring (bicyclic) bond motifs is 4. The molecule has 9 nitrogen and oxygen atoms in total. The Bertz CT molecular complexity index is 1200. The predicted octanol–water partition coefficient (Wildman–Crippen LogP) is 3.09. The molecule has 3 aliphatic rings. The molecule has 6 rings (SSSR count). The molecule has 1 aromatic heterocycles. The van der Waals surface area contributed by atoms with Crippen LogP contribution in [-0.2, 0) is 9.59 Å². The number of hydrogen-bond acceptors (Lipinski definition) is 6. The molecule has 0 radical (unpaired) electrons. The average Bonchev–Trinajstić information content (AvgIpc) is 3.30. The first-order chi connectivity index (χ1) is 16.4. The lowest BCUT2D eigenvalue weighted by Crippen LogP contribution is -2.57. The minimum atomic E-state index is -1.82. The Hall–Kier alpha value is -3.85. The molecule has 1 atom stereocenters. The number of carboxylic acids is 2. The van der Waals surface area contributed by atoms with Gasteiger partial charge in [-0.3, -0.25) is 4.79 Å². The van der Waals surface area contributed by atoms with Crippen LogP contribution in [0, 0.1) is 5.92 Å². The van der Waals surface area contributed by atoms with E-state index in [1.807, 2.05) is 48.5 Å². The van der Waals surface area contributed by atoms with Gasteiger partial charge in [0.25, 0.3) is 5.91 Å². The van der Waals surface area contributed by atoms with Gasteiger partial charge in [0.15, 0.2) is 5.76 Å². The summed E-state index contributed by atoms with van der Waals surface area (Å²) >= 11 is 0. The summed E-state index contributed by atoms with van der Waals surface area (Å²) in [6, 6.07) is 15.9. The molecule has 34 heavy (non-hydrogen) atoms. The van der Waals surface area contributed by atoms with E-state index in [2.05, 4.69) is 10.2 Å². The van der Waals surface area contributed by atoms with Gasteiger partial charge in [-0.25, -0.2) is 9.59 Å². The number of carboxylic acid groups (broad SMARTS) is 2. The molecular weight excluding hydrogens is 440 g/mol. The smallest absolute Gasteiger partial charge is 0.414 e. The molecule has 2 aromatic carbocycles. The summed E-state index contributed by atoms with van der Waals surface area (Å²) in [6.45, 7) is 3.26. The standard InChI is InChI=1S/C23H24N2O3.C2H2O4/c1-27-20-8-3-2-6-17(20)18-7-4-5-16-13-21(28-22(16)18)23(26)24-19-14-25-11-9-15(19)10-12-25;3-1(4)2(5)6/h2-8,13,15,19H,9-12,14H2,1H3,(H,24,26);(H,3,4)(H,5,6)/t19-;/m0./s1. The van der Waals surface area contributed by atoms with Gasteiger partial charge < -0.3 is 29.6 Å². The Balaban J connectivity index is 0.000000408. The summed E-state index contributed by atoms with van der Waals surface area (Å²) in [4.78, 5) is 33.5. The SMILES string of the molecule is COc1ccccc1-c1cccc2cc(C(=O)N[C@H]3CN4CCC3CC4)oc12.O=C(O)C(=O)O. The number of methoxy groups -OCH3 is 1. The van der Waals surface area contributed by atoms with E-state index in [0.29, 0.717) is 17.3 Å². The van der Waals surface area contributed by atoms with Gasteiger partial charge in [-0.2, -0.15) is 0 Å². The molecule has 0 aliphatic carbocycles. The maximum absolute atomic E-state index is 12.9. The number of rotatable bonds is 4.